The number of hydrogen-bond acceptors (Lipinski definition) is 8. The molecule has 6 heterocycles. The molecule has 4 aromatic heterocycles. The maximum absolute atomic E-state index is 13.3. The molecule has 1 atom stereocenters. The Hall–Kier alpha value is -4.32. The van der Waals surface area contributed by atoms with Gasteiger partial charge in [-0.1, -0.05) is 23.2 Å². The molecule has 0 saturated carbocycles. The summed E-state index contributed by atoms with van der Waals surface area (Å²) >= 11 is 13.3. The van der Waals surface area contributed by atoms with E-state index < -0.39 is 11.4 Å². The van der Waals surface area contributed by atoms with Gasteiger partial charge in [-0.15, -0.1) is 0 Å². The van der Waals surface area contributed by atoms with Crippen LogP contribution in [-0.4, -0.2) is 87.5 Å². The number of aromatic carboxylic acids is 1. The lowest BCUT2D eigenvalue weighted by Gasteiger charge is -2.43. The van der Waals surface area contributed by atoms with Crippen LogP contribution >= 0.6 is 23.2 Å². The third kappa shape index (κ3) is 5.32. The van der Waals surface area contributed by atoms with E-state index in [9.17, 15) is 14.7 Å². The van der Waals surface area contributed by atoms with E-state index in [4.69, 9.17) is 27.9 Å². The molecule has 46 heavy (non-hydrogen) atoms. The van der Waals surface area contributed by atoms with E-state index in [1.165, 1.54) is 6.20 Å². The highest BCUT2D eigenvalue weighted by Gasteiger charge is 2.30. The Labute approximate surface area is 275 Å². The second-order valence-electron chi connectivity index (χ2n) is 12.2. The van der Waals surface area contributed by atoms with Crippen molar-refractivity contribution < 1.29 is 14.6 Å². The molecule has 1 aromatic carbocycles. The Morgan fingerprint density at radius 2 is 1.93 bits per heavy atom. The van der Waals surface area contributed by atoms with Gasteiger partial charge in [-0.2, -0.15) is 4.98 Å². The lowest BCUT2D eigenvalue weighted by atomic mass is 10.1. The van der Waals surface area contributed by atoms with Gasteiger partial charge in [0.25, 0.3) is 0 Å². The van der Waals surface area contributed by atoms with Gasteiger partial charge in [-0.05, 0) is 63.3 Å². The summed E-state index contributed by atoms with van der Waals surface area (Å²) in [5.41, 5.74) is 1.74. The van der Waals surface area contributed by atoms with Crippen LogP contribution in [0.25, 0.3) is 27.6 Å². The molecule has 2 saturated heterocycles. The molecule has 5 aromatic rings. The number of aromatic nitrogens is 4. The SMILES string of the molecule is CN(C)C1CN(c2ccc(-n3cc(C(=O)O)c(=O)c4cc(Cl)c(N5CCC[C@@H]5COc5nc6c(ccn6C)cc5Cl)cc43)cn2)C1. The minimum atomic E-state index is -1.31. The zero-order valence-electron chi connectivity index (χ0n) is 25.7. The van der Waals surface area contributed by atoms with Gasteiger partial charge in [-0.3, -0.25) is 4.79 Å². The molecule has 0 bridgehead atoms. The van der Waals surface area contributed by atoms with Gasteiger partial charge >= 0.3 is 5.97 Å². The standard InChI is InChI=1S/C33H33Cl2N7O4/c1-38(2)22-15-40(16-22)29-7-6-20(14-36-29)42-17-24(33(44)45)30(43)23-12-25(34)28(13-27(23)42)41-9-4-5-21(41)18-46-32-26(35)11-19-8-10-39(3)31(19)37-32/h6-8,10-14,17,21-22H,4-5,9,15-16,18H2,1-3H3,(H,44,45)/t21-/m1/s1. The van der Waals surface area contributed by atoms with E-state index in [-0.39, 0.29) is 17.0 Å². The van der Waals surface area contributed by atoms with E-state index in [0.717, 1.165) is 55.0 Å². The first-order valence-corrected chi connectivity index (χ1v) is 15.9. The number of likely N-dealkylation sites (N-methyl/N-ethyl adjacent to an activating group) is 1. The molecule has 2 aliphatic heterocycles. The number of hydrogen-bond donors (Lipinski definition) is 1. The number of carboxylic acids is 1. The Kier molecular flexibility index (Phi) is 7.78. The summed E-state index contributed by atoms with van der Waals surface area (Å²) in [6, 6.07) is 11.5. The monoisotopic (exact) mass is 661 g/mol. The zero-order valence-corrected chi connectivity index (χ0v) is 27.2. The number of carboxylic acid groups (broad SMARTS) is 1. The van der Waals surface area contributed by atoms with E-state index in [0.29, 0.717) is 39.8 Å². The average molecular weight is 663 g/mol. The number of nitrogens with zero attached hydrogens (tertiary/aromatic N) is 7. The summed E-state index contributed by atoms with van der Waals surface area (Å²) < 4.78 is 9.79. The Morgan fingerprint density at radius 1 is 1.13 bits per heavy atom. The van der Waals surface area contributed by atoms with Crippen molar-refractivity contribution in [1.82, 2.24) is 24.0 Å². The van der Waals surface area contributed by atoms with Crippen LogP contribution in [-0.2, 0) is 7.05 Å². The first kappa shape index (κ1) is 30.3. The number of fused-ring (bicyclic) bond motifs is 2. The molecule has 11 nitrogen and oxygen atoms in total. The molecular weight excluding hydrogens is 629 g/mol. The van der Waals surface area contributed by atoms with Crippen molar-refractivity contribution in [3.05, 3.63) is 80.8 Å². The maximum atomic E-state index is 13.3. The van der Waals surface area contributed by atoms with E-state index in [1.807, 2.05) is 48.1 Å². The zero-order chi connectivity index (χ0) is 32.3. The largest absolute Gasteiger partial charge is 0.477 e. The molecule has 0 aliphatic carbocycles. The van der Waals surface area contributed by atoms with Crippen LogP contribution in [0.4, 0.5) is 11.5 Å². The Morgan fingerprint density at radius 3 is 2.65 bits per heavy atom. The number of rotatable bonds is 8. The summed E-state index contributed by atoms with van der Waals surface area (Å²) in [6.45, 7) is 2.83. The fraction of sp³-hybridized carbons (Fsp3) is 0.333. The quantitative estimate of drug-likeness (QED) is 0.244. The molecule has 2 fully saturated rings. The number of aryl methyl sites for hydroxylation is 1. The van der Waals surface area contributed by atoms with Crippen molar-refractivity contribution in [1.29, 1.82) is 0 Å². The number of anilines is 2. The van der Waals surface area contributed by atoms with E-state index in [2.05, 4.69) is 38.8 Å². The molecule has 0 radical (unpaired) electrons. The van der Waals surface area contributed by atoms with Crippen LogP contribution in [0.2, 0.25) is 10.0 Å². The van der Waals surface area contributed by atoms with E-state index >= 15 is 0 Å². The third-order valence-electron chi connectivity index (χ3n) is 9.09. The van der Waals surface area contributed by atoms with Gasteiger partial charge in [0, 0.05) is 55.9 Å². The second kappa shape index (κ2) is 11.8. The highest BCUT2D eigenvalue weighted by Crippen LogP contribution is 2.36. The minimum Gasteiger partial charge on any atom is -0.477 e. The van der Waals surface area contributed by atoms with Crippen molar-refractivity contribution in [3.8, 4) is 11.6 Å². The van der Waals surface area contributed by atoms with Crippen LogP contribution in [0.5, 0.6) is 5.88 Å². The van der Waals surface area contributed by atoms with Gasteiger partial charge in [0.15, 0.2) is 0 Å². The van der Waals surface area contributed by atoms with Crippen LogP contribution in [0.1, 0.15) is 23.2 Å². The highest BCUT2D eigenvalue weighted by molar-refractivity contribution is 6.34. The van der Waals surface area contributed by atoms with Crippen molar-refractivity contribution in [3.63, 3.8) is 0 Å². The molecule has 0 spiro atoms. The van der Waals surface area contributed by atoms with Crippen LogP contribution in [0, 0.1) is 0 Å². The van der Waals surface area contributed by atoms with Crippen LogP contribution < -0.4 is 20.0 Å². The van der Waals surface area contributed by atoms with Crippen molar-refractivity contribution >= 4 is 62.6 Å². The molecule has 0 amide bonds. The second-order valence-corrected chi connectivity index (χ2v) is 13.0. The smallest absolute Gasteiger partial charge is 0.341 e. The van der Waals surface area contributed by atoms with Gasteiger partial charge < -0.3 is 33.7 Å². The fourth-order valence-corrected chi connectivity index (χ4v) is 6.83. The number of ether oxygens (including phenoxy) is 1. The van der Waals surface area contributed by atoms with Crippen LogP contribution in [0.3, 0.4) is 0 Å². The molecule has 13 heteroatoms. The average Bonchev–Trinajstić information content (AvgIpc) is 3.61. The number of benzene rings is 1. The fourth-order valence-electron chi connectivity index (χ4n) is 6.34. The Bertz CT molecular complexity index is 2040. The summed E-state index contributed by atoms with van der Waals surface area (Å²) in [6.07, 6.45) is 6.77. The molecular formula is C33H33Cl2N7O4. The molecule has 238 valence electrons. The minimum absolute atomic E-state index is 0.0288. The normalized spacial score (nSPS) is 17.0. The molecule has 0 unspecified atom stereocenters. The predicted octanol–water partition coefficient (Wildman–Crippen LogP) is 5.08. The summed E-state index contributed by atoms with van der Waals surface area (Å²) in [7, 11) is 6.05. The van der Waals surface area contributed by atoms with E-state index in [1.54, 1.807) is 16.8 Å². The number of halogens is 2. The summed E-state index contributed by atoms with van der Waals surface area (Å²) in [4.78, 5) is 41.3. The maximum Gasteiger partial charge on any atom is 0.341 e. The van der Waals surface area contributed by atoms with Crippen LogP contribution in [0.15, 0.2) is 59.8 Å². The topological polar surface area (TPSA) is 109 Å². The van der Waals surface area contributed by atoms with Gasteiger partial charge in [0.05, 0.1) is 34.2 Å². The molecule has 7 rings (SSSR count). The lowest BCUT2D eigenvalue weighted by molar-refractivity contribution is 0.0695. The molecule has 2 aliphatic rings. The van der Waals surface area contributed by atoms with Crippen molar-refractivity contribution in [2.24, 2.45) is 7.05 Å². The van der Waals surface area contributed by atoms with Gasteiger partial charge in [-0.25, -0.2) is 9.78 Å². The van der Waals surface area contributed by atoms with Crippen molar-refractivity contribution in [2.75, 3.05) is 50.1 Å². The number of carbonyl (C=O) groups is 1. The summed E-state index contributed by atoms with van der Waals surface area (Å²) in [5, 5.41) is 11.8. The van der Waals surface area contributed by atoms with Gasteiger partial charge in [0.2, 0.25) is 11.3 Å². The molecule has 1 N–H and O–H groups in total. The number of pyridine rings is 3. The van der Waals surface area contributed by atoms with Crippen molar-refractivity contribution in [2.45, 2.75) is 24.9 Å². The predicted molar refractivity (Wildman–Crippen MR) is 181 cm³/mol. The highest BCUT2D eigenvalue weighted by atomic mass is 35.5. The Balaban J connectivity index is 1.22. The lowest BCUT2D eigenvalue weighted by Crippen LogP contribution is -2.57. The third-order valence-corrected chi connectivity index (χ3v) is 9.67. The summed E-state index contributed by atoms with van der Waals surface area (Å²) in [5.74, 6) is -0.0951. The first-order chi connectivity index (χ1) is 22.1. The van der Waals surface area contributed by atoms with Gasteiger partial charge in [0.1, 0.15) is 28.7 Å². The first-order valence-electron chi connectivity index (χ1n) is 15.1.